The van der Waals surface area contributed by atoms with Crippen molar-refractivity contribution in [2.75, 3.05) is 5.73 Å². The molecule has 0 bridgehead atoms. The van der Waals surface area contributed by atoms with Crippen LogP contribution in [0, 0.1) is 11.3 Å². The van der Waals surface area contributed by atoms with Crippen molar-refractivity contribution in [2.45, 2.75) is 6.54 Å². The molecule has 0 unspecified atom stereocenters. The number of tetrazole rings is 1. The minimum Gasteiger partial charge on any atom is -0.368 e. The highest BCUT2D eigenvalue weighted by atomic mass is 15.6. The summed E-state index contributed by atoms with van der Waals surface area (Å²) in [7, 11) is 0. The maximum atomic E-state index is 9.67. The maximum Gasteiger partial charge on any atom is 0.290 e. The lowest BCUT2D eigenvalue weighted by atomic mass is 9.99. The molecule has 0 fully saturated rings. The van der Waals surface area contributed by atoms with Crippen LogP contribution in [0.15, 0.2) is 61.3 Å². The van der Waals surface area contributed by atoms with E-state index in [2.05, 4.69) is 46.6 Å². The maximum absolute atomic E-state index is 9.67. The molecule has 0 saturated heterocycles. The molecule has 5 aromatic heterocycles. The number of aromatic nitrogens is 12. The molecule has 2 N–H and O–H groups in total. The first kappa shape index (κ1) is 20.1. The standard InChI is InChI=1S/C21H14N14/c22-10-13-4-1-2-5-14(13)18-17(15-6-8-24-12-25-15)19-27-16(30-35(19)20(23)28-18)11-34-31-21(29-32-34)33-9-3-7-26-33/h1-9,12H,11H2,(H2,23,28). The molecule has 0 amide bonds. The molecule has 6 rings (SSSR count). The van der Waals surface area contributed by atoms with Gasteiger partial charge in [0.25, 0.3) is 5.95 Å². The topological polar surface area (TPSA) is 180 Å². The average Bonchev–Trinajstić information content (AvgIpc) is 3.66. The highest BCUT2D eigenvalue weighted by Crippen LogP contribution is 2.35. The Bertz CT molecular complexity index is 1690. The van der Waals surface area contributed by atoms with Crippen LogP contribution in [-0.4, -0.2) is 59.5 Å². The highest BCUT2D eigenvalue weighted by molar-refractivity contribution is 5.90. The number of nitrogen functional groups attached to an aromatic ring is 1. The second kappa shape index (κ2) is 8.08. The van der Waals surface area contributed by atoms with Gasteiger partial charge in [0.1, 0.15) is 12.9 Å². The Hall–Kier alpha value is -5.58. The van der Waals surface area contributed by atoms with Gasteiger partial charge in [-0.2, -0.15) is 19.7 Å². The van der Waals surface area contributed by atoms with Crippen molar-refractivity contribution >= 4 is 11.6 Å². The summed E-state index contributed by atoms with van der Waals surface area (Å²) >= 11 is 0. The van der Waals surface area contributed by atoms with Crippen LogP contribution >= 0.6 is 0 Å². The van der Waals surface area contributed by atoms with E-state index < -0.39 is 0 Å². The second-order valence-electron chi connectivity index (χ2n) is 7.28. The molecule has 35 heavy (non-hydrogen) atoms. The van der Waals surface area contributed by atoms with E-state index in [1.165, 1.54) is 20.3 Å². The molecule has 0 saturated carbocycles. The summed E-state index contributed by atoms with van der Waals surface area (Å²) in [5.41, 5.74) is 9.32. The number of fused-ring (bicyclic) bond motifs is 1. The van der Waals surface area contributed by atoms with Gasteiger partial charge >= 0.3 is 0 Å². The van der Waals surface area contributed by atoms with E-state index in [4.69, 9.17) is 10.7 Å². The van der Waals surface area contributed by atoms with Gasteiger partial charge in [0.2, 0.25) is 5.95 Å². The van der Waals surface area contributed by atoms with E-state index in [0.29, 0.717) is 45.5 Å². The van der Waals surface area contributed by atoms with E-state index in [0.717, 1.165) is 0 Å². The number of hydrogen-bond donors (Lipinski definition) is 1. The van der Waals surface area contributed by atoms with Crippen LogP contribution in [0.5, 0.6) is 0 Å². The third kappa shape index (κ3) is 3.49. The predicted molar refractivity (Wildman–Crippen MR) is 120 cm³/mol. The third-order valence-electron chi connectivity index (χ3n) is 5.13. The number of rotatable bonds is 5. The predicted octanol–water partition coefficient (Wildman–Crippen LogP) is 0.923. The molecule has 0 spiro atoms. The van der Waals surface area contributed by atoms with Crippen molar-refractivity contribution in [2.24, 2.45) is 0 Å². The summed E-state index contributed by atoms with van der Waals surface area (Å²) in [5, 5.41) is 30.6. The summed E-state index contributed by atoms with van der Waals surface area (Å²) in [5.74, 6) is 0.795. The van der Waals surface area contributed by atoms with Gasteiger partial charge in [0.15, 0.2) is 11.5 Å². The Labute approximate surface area is 196 Å². The number of hydrogen-bond acceptors (Lipinski definition) is 11. The van der Waals surface area contributed by atoms with E-state index >= 15 is 0 Å². The minimum atomic E-state index is 0.100. The Balaban J connectivity index is 1.51. The van der Waals surface area contributed by atoms with Crippen molar-refractivity contribution in [3.05, 3.63) is 72.7 Å². The fourth-order valence-corrected chi connectivity index (χ4v) is 3.63. The van der Waals surface area contributed by atoms with Gasteiger partial charge in [-0.05, 0) is 23.4 Å². The number of nitrogens with zero attached hydrogens (tertiary/aromatic N) is 13. The van der Waals surface area contributed by atoms with Crippen molar-refractivity contribution in [3.63, 3.8) is 0 Å². The van der Waals surface area contributed by atoms with Crippen LogP contribution in [0.2, 0.25) is 0 Å². The normalized spacial score (nSPS) is 11.1. The van der Waals surface area contributed by atoms with Crippen molar-refractivity contribution in [1.29, 1.82) is 5.26 Å². The van der Waals surface area contributed by atoms with Gasteiger partial charge in [0, 0.05) is 24.2 Å². The highest BCUT2D eigenvalue weighted by Gasteiger charge is 2.22. The van der Waals surface area contributed by atoms with Crippen LogP contribution in [-0.2, 0) is 6.54 Å². The molecule has 5 heterocycles. The van der Waals surface area contributed by atoms with Crippen LogP contribution in [0.25, 0.3) is 34.1 Å². The van der Waals surface area contributed by atoms with Crippen molar-refractivity contribution in [3.8, 4) is 34.5 Å². The molecule has 6 aromatic rings. The van der Waals surface area contributed by atoms with Crippen LogP contribution in [0.4, 0.5) is 5.95 Å². The minimum absolute atomic E-state index is 0.100. The SMILES string of the molecule is N#Cc1ccccc1-c1nc(N)n2nc(Cn3nnc(-n4cccn4)n3)nc2c1-c1ccncn1. The Morgan fingerprint density at radius 3 is 2.74 bits per heavy atom. The second-order valence-corrected chi connectivity index (χ2v) is 7.28. The lowest BCUT2D eigenvalue weighted by molar-refractivity contribution is 0.552. The molecule has 0 aliphatic rings. The molecule has 0 radical (unpaired) electrons. The molecule has 1 aromatic carbocycles. The average molecular weight is 462 g/mol. The Morgan fingerprint density at radius 1 is 1.03 bits per heavy atom. The van der Waals surface area contributed by atoms with Gasteiger partial charge in [0.05, 0.1) is 28.6 Å². The number of anilines is 1. The molecular weight excluding hydrogens is 448 g/mol. The first-order chi connectivity index (χ1) is 17.2. The first-order valence-electron chi connectivity index (χ1n) is 10.3. The molecule has 14 heteroatoms. The largest absolute Gasteiger partial charge is 0.368 e. The number of benzene rings is 1. The van der Waals surface area contributed by atoms with Crippen LogP contribution in [0.1, 0.15) is 11.4 Å². The van der Waals surface area contributed by atoms with Crippen molar-refractivity contribution < 1.29 is 0 Å². The van der Waals surface area contributed by atoms with Gasteiger partial charge in [-0.1, -0.05) is 23.3 Å². The lowest BCUT2D eigenvalue weighted by Gasteiger charge is -2.12. The summed E-state index contributed by atoms with van der Waals surface area (Å²) in [6, 6.07) is 12.8. The molecule has 14 nitrogen and oxygen atoms in total. The lowest BCUT2D eigenvalue weighted by Crippen LogP contribution is -2.08. The smallest absolute Gasteiger partial charge is 0.290 e. The molecular formula is C21H14N14. The molecule has 0 aliphatic carbocycles. The monoisotopic (exact) mass is 462 g/mol. The fourth-order valence-electron chi connectivity index (χ4n) is 3.63. The van der Waals surface area contributed by atoms with E-state index in [-0.39, 0.29) is 12.5 Å². The summed E-state index contributed by atoms with van der Waals surface area (Å²) < 4.78 is 2.92. The van der Waals surface area contributed by atoms with E-state index in [9.17, 15) is 5.26 Å². The fraction of sp³-hybridized carbons (Fsp3) is 0.0476. The quantitative estimate of drug-likeness (QED) is 0.385. The number of nitrogens with two attached hydrogens (primary N) is 1. The Kier molecular flexibility index (Phi) is 4.63. The van der Waals surface area contributed by atoms with Gasteiger partial charge in [-0.15, -0.1) is 10.2 Å². The van der Waals surface area contributed by atoms with Gasteiger partial charge in [-0.25, -0.2) is 24.6 Å². The zero-order valence-corrected chi connectivity index (χ0v) is 17.9. The molecule has 0 atom stereocenters. The van der Waals surface area contributed by atoms with E-state index in [1.54, 1.807) is 48.9 Å². The third-order valence-corrected chi connectivity index (χ3v) is 5.13. The first-order valence-corrected chi connectivity index (χ1v) is 10.3. The summed E-state index contributed by atoms with van der Waals surface area (Å²) in [6.45, 7) is 0.128. The zero-order chi connectivity index (χ0) is 23.8. The number of nitriles is 1. The van der Waals surface area contributed by atoms with Crippen LogP contribution in [0.3, 0.4) is 0 Å². The molecule has 168 valence electrons. The van der Waals surface area contributed by atoms with E-state index in [1.807, 2.05) is 6.07 Å². The summed E-state index contributed by atoms with van der Waals surface area (Å²) in [6.07, 6.45) is 6.38. The van der Waals surface area contributed by atoms with Crippen LogP contribution < -0.4 is 5.73 Å². The molecule has 0 aliphatic heterocycles. The summed E-state index contributed by atoms with van der Waals surface area (Å²) in [4.78, 5) is 19.0. The van der Waals surface area contributed by atoms with Gasteiger partial charge < -0.3 is 5.73 Å². The Morgan fingerprint density at radius 2 is 1.94 bits per heavy atom. The van der Waals surface area contributed by atoms with Crippen molar-refractivity contribution in [1.82, 2.24) is 59.5 Å². The zero-order valence-electron chi connectivity index (χ0n) is 17.9. The van der Waals surface area contributed by atoms with Gasteiger partial charge in [-0.3, -0.25) is 0 Å².